The fraction of sp³-hybridized carbons (Fsp3) is 0.136. The van der Waals surface area contributed by atoms with Crippen LogP contribution in [0.3, 0.4) is 0 Å². The van der Waals surface area contributed by atoms with Crippen LogP contribution in [0.4, 0.5) is 11.5 Å². The highest BCUT2D eigenvalue weighted by molar-refractivity contribution is 5.78. The van der Waals surface area contributed by atoms with E-state index in [0.717, 1.165) is 33.9 Å². The molecule has 0 amide bonds. The molecule has 5 heteroatoms. The lowest BCUT2D eigenvalue weighted by atomic mass is 10.1. The number of azo groups is 1. The predicted octanol–water partition coefficient (Wildman–Crippen LogP) is 6.12. The average Bonchev–Trinajstić information content (AvgIpc) is 3.06. The quantitative estimate of drug-likeness (QED) is 0.404. The van der Waals surface area contributed by atoms with Gasteiger partial charge in [0.15, 0.2) is 5.82 Å². The van der Waals surface area contributed by atoms with E-state index in [1.807, 2.05) is 91.2 Å². The molecule has 2 heterocycles. The van der Waals surface area contributed by atoms with Crippen LogP contribution in [0.1, 0.15) is 12.5 Å². The second kappa shape index (κ2) is 7.41. The molecule has 4 rings (SSSR count). The smallest absolute Gasteiger partial charge is 0.187 e. The van der Waals surface area contributed by atoms with Crippen molar-refractivity contribution >= 4 is 17.2 Å². The minimum atomic E-state index is 0.588. The first-order chi connectivity index (χ1) is 13.3. The molecule has 0 radical (unpaired) electrons. The molecule has 4 aromatic rings. The molecule has 2 aromatic heterocycles. The van der Waals surface area contributed by atoms with Crippen LogP contribution in [0.2, 0.25) is 0 Å². The molecule has 0 aliphatic carbocycles. The summed E-state index contributed by atoms with van der Waals surface area (Å²) in [6.45, 7) is 4.58. The Hall–Kier alpha value is -3.47. The van der Waals surface area contributed by atoms with Crippen molar-refractivity contribution in [3.05, 3.63) is 78.5 Å². The Balaban J connectivity index is 1.90. The lowest BCUT2D eigenvalue weighted by molar-refractivity contribution is 0.341. The average molecular weight is 356 g/mol. The minimum absolute atomic E-state index is 0.588. The van der Waals surface area contributed by atoms with Gasteiger partial charge in [-0.1, -0.05) is 36.4 Å². The topological polar surface area (TPSA) is 51.2 Å². The number of para-hydroxylation sites is 1. The van der Waals surface area contributed by atoms with E-state index in [4.69, 9.17) is 9.72 Å². The van der Waals surface area contributed by atoms with E-state index in [1.165, 1.54) is 0 Å². The molecule has 0 spiro atoms. The van der Waals surface area contributed by atoms with Crippen molar-refractivity contribution in [2.75, 3.05) is 6.61 Å². The number of hydrogen-bond donors (Lipinski definition) is 0. The molecule has 0 N–H and O–H groups in total. The van der Waals surface area contributed by atoms with E-state index in [9.17, 15) is 0 Å². The van der Waals surface area contributed by atoms with Gasteiger partial charge in [-0.25, -0.2) is 4.98 Å². The van der Waals surface area contributed by atoms with Crippen LogP contribution in [-0.2, 0) is 0 Å². The van der Waals surface area contributed by atoms with Crippen LogP contribution in [0.15, 0.2) is 83.2 Å². The van der Waals surface area contributed by atoms with Crippen molar-refractivity contribution in [2.24, 2.45) is 10.2 Å². The zero-order valence-corrected chi connectivity index (χ0v) is 15.3. The molecule has 0 unspecified atom stereocenters. The predicted molar refractivity (Wildman–Crippen MR) is 107 cm³/mol. The number of ether oxygens (including phenoxy) is 1. The zero-order valence-electron chi connectivity index (χ0n) is 15.3. The van der Waals surface area contributed by atoms with Crippen molar-refractivity contribution < 1.29 is 4.74 Å². The third-order valence-electron chi connectivity index (χ3n) is 4.31. The van der Waals surface area contributed by atoms with E-state index in [1.54, 1.807) is 0 Å². The summed E-state index contributed by atoms with van der Waals surface area (Å²) in [4.78, 5) is 4.79. The van der Waals surface area contributed by atoms with E-state index in [0.29, 0.717) is 12.4 Å². The van der Waals surface area contributed by atoms with E-state index in [2.05, 4.69) is 10.2 Å². The van der Waals surface area contributed by atoms with Crippen molar-refractivity contribution in [1.29, 1.82) is 0 Å². The van der Waals surface area contributed by atoms with Gasteiger partial charge < -0.3 is 4.74 Å². The molecule has 27 heavy (non-hydrogen) atoms. The van der Waals surface area contributed by atoms with E-state index in [-0.39, 0.29) is 0 Å². The number of aryl methyl sites for hydroxylation is 1. The Morgan fingerprint density at radius 2 is 1.70 bits per heavy atom. The number of hydrogen-bond acceptors (Lipinski definition) is 4. The summed E-state index contributed by atoms with van der Waals surface area (Å²) in [5.74, 6) is 1.47. The maximum atomic E-state index is 5.80. The normalized spacial score (nSPS) is 11.3. The Morgan fingerprint density at radius 3 is 2.56 bits per heavy atom. The van der Waals surface area contributed by atoms with Gasteiger partial charge in [-0.15, -0.1) is 10.2 Å². The standard InChI is InChI=1S/C22H20N4O/c1-3-27-19-13-7-5-11-17(19)21-22(26-15-9-8-14-20(26)23-21)25-24-18-12-6-4-10-16(18)2/h4-15H,3H2,1-2H3. The monoisotopic (exact) mass is 356 g/mol. The summed E-state index contributed by atoms with van der Waals surface area (Å²) >= 11 is 0. The lowest BCUT2D eigenvalue weighted by Crippen LogP contribution is -1.94. The van der Waals surface area contributed by atoms with Gasteiger partial charge in [0.2, 0.25) is 0 Å². The van der Waals surface area contributed by atoms with E-state index < -0.39 is 0 Å². The summed E-state index contributed by atoms with van der Waals surface area (Å²) in [5, 5.41) is 9.06. The number of pyridine rings is 1. The number of aromatic nitrogens is 2. The molecular weight excluding hydrogens is 336 g/mol. The highest BCUT2D eigenvalue weighted by Crippen LogP contribution is 2.37. The number of rotatable bonds is 5. The SMILES string of the molecule is CCOc1ccccc1-c1nc2ccccn2c1N=Nc1ccccc1C. The summed E-state index contributed by atoms with van der Waals surface area (Å²) in [7, 11) is 0. The summed E-state index contributed by atoms with van der Waals surface area (Å²) in [6, 6.07) is 21.7. The molecule has 0 aliphatic heterocycles. The third-order valence-corrected chi connectivity index (χ3v) is 4.31. The van der Waals surface area contributed by atoms with Gasteiger partial charge in [0, 0.05) is 11.8 Å². The Labute approximate surface area is 158 Å². The molecule has 5 nitrogen and oxygen atoms in total. The lowest BCUT2D eigenvalue weighted by Gasteiger charge is -2.08. The zero-order chi connectivity index (χ0) is 18.6. The Morgan fingerprint density at radius 1 is 0.926 bits per heavy atom. The van der Waals surface area contributed by atoms with Gasteiger partial charge in [0.25, 0.3) is 0 Å². The third kappa shape index (κ3) is 3.31. The summed E-state index contributed by atoms with van der Waals surface area (Å²) in [5.41, 5.74) is 4.39. The van der Waals surface area contributed by atoms with Crippen LogP contribution in [0.5, 0.6) is 5.75 Å². The number of benzene rings is 2. The molecule has 0 atom stereocenters. The molecular formula is C22H20N4O. The molecule has 0 fully saturated rings. The Bertz CT molecular complexity index is 1110. The minimum Gasteiger partial charge on any atom is -0.493 e. The second-order valence-electron chi connectivity index (χ2n) is 6.13. The summed E-state index contributed by atoms with van der Waals surface area (Å²) in [6.07, 6.45) is 1.95. The van der Waals surface area contributed by atoms with E-state index >= 15 is 0 Å². The summed E-state index contributed by atoms with van der Waals surface area (Å²) < 4.78 is 7.75. The largest absolute Gasteiger partial charge is 0.493 e. The van der Waals surface area contributed by atoms with Crippen molar-refractivity contribution in [1.82, 2.24) is 9.38 Å². The fourth-order valence-electron chi connectivity index (χ4n) is 2.98. The van der Waals surface area contributed by atoms with Gasteiger partial charge in [-0.3, -0.25) is 4.40 Å². The first-order valence-corrected chi connectivity index (χ1v) is 8.94. The van der Waals surface area contributed by atoms with Gasteiger partial charge in [0.05, 0.1) is 12.3 Å². The van der Waals surface area contributed by atoms with Crippen LogP contribution >= 0.6 is 0 Å². The van der Waals surface area contributed by atoms with Gasteiger partial charge in [0.1, 0.15) is 17.1 Å². The second-order valence-corrected chi connectivity index (χ2v) is 6.13. The molecule has 134 valence electrons. The van der Waals surface area contributed by atoms with Gasteiger partial charge in [-0.05, 0) is 49.7 Å². The van der Waals surface area contributed by atoms with Crippen LogP contribution < -0.4 is 4.74 Å². The van der Waals surface area contributed by atoms with Crippen molar-refractivity contribution in [3.63, 3.8) is 0 Å². The molecule has 0 saturated heterocycles. The molecule has 0 bridgehead atoms. The van der Waals surface area contributed by atoms with Gasteiger partial charge in [-0.2, -0.15) is 0 Å². The molecule has 0 saturated carbocycles. The Kier molecular flexibility index (Phi) is 4.66. The van der Waals surface area contributed by atoms with Crippen LogP contribution in [0.25, 0.3) is 16.9 Å². The highest BCUT2D eigenvalue weighted by Gasteiger charge is 2.17. The highest BCUT2D eigenvalue weighted by atomic mass is 16.5. The first-order valence-electron chi connectivity index (χ1n) is 8.94. The van der Waals surface area contributed by atoms with Crippen LogP contribution in [0, 0.1) is 6.92 Å². The first kappa shape index (κ1) is 17.0. The van der Waals surface area contributed by atoms with Crippen molar-refractivity contribution in [3.8, 4) is 17.0 Å². The van der Waals surface area contributed by atoms with Gasteiger partial charge >= 0.3 is 0 Å². The van der Waals surface area contributed by atoms with Crippen LogP contribution in [-0.4, -0.2) is 16.0 Å². The maximum absolute atomic E-state index is 5.80. The van der Waals surface area contributed by atoms with Crippen molar-refractivity contribution in [2.45, 2.75) is 13.8 Å². The number of nitrogens with zero attached hydrogens (tertiary/aromatic N) is 4. The molecule has 0 aliphatic rings. The number of fused-ring (bicyclic) bond motifs is 1. The number of imidazole rings is 1. The molecule has 2 aromatic carbocycles. The fourth-order valence-corrected chi connectivity index (χ4v) is 2.98. The maximum Gasteiger partial charge on any atom is 0.187 e.